The Balaban J connectivity index is 1.70. The summed E-state index contributed by atoms with van der Waals surface area (Å²) in [5, 5.41) is 94.0. The van der Waals surface area contributed by atoms with Gasteiger partial charge < -0.3 is 55.3 Å². The minimum absolute atomic E-state index is 0.0243. The summed E-state index contributed by atoms with van der Waals surface area (Å²) in [6.07, 6.45) is -1.89. The highest BCUT2D eigenvalue weighted by atomic mass is 16.7. The van der Waals surface area contributed by atoms with Crippen LogP contribution in [0.25, 0.3) is 0 Å². The summed E-state index contributed by atoms with van der Waals surface area (Å²) in [7, 11) is 0. The van der Waals surface area contributed by atoms with Crippen LogP contribution in [0.3, 0.4) is 0 Å². The average Bonchev–Trinajstić information content (AvgIpc) is 3.48. The van der Waals surface area contributed by atoms with Gasteiger partial charge in [0.1, 0.15) is 34.2 Å². The standard InChI is InChI=1S/C25H33NO11/c1-12(9-27)22(33)17(36-16(30)14-5-4-8-26-14)23(34)18(2)11-21(32)19(22,3)25(23,35)24(37-21)15(29)13(10-28)6-7-20(18,24)31/h4-6,8,12,15,17,26-29,31-35H,7,9-11H2,1-3H3/t12-,15-,17+,18-,19-,20-,21+,22+,23+,24+,25+/m0/s1. The smallest absolute Gasteiger partial charge is 0.355 e. The van der Waals surface area contributed by atoms with Crippen molar-refractivity contribution in [1.29, 1.82) is 0 Å². The first-order chi connectivity index (χ1) is 17.1. The Morgan fingerprint density at radius 1 is 1.22 bits per heavy atom. The van der Waals surface area contributed by atoms with Crippen molar-refractivity contribution in [2.45, 2.75) is 79.6 Å². The van der Waals surface area contributed by atoms with Gasteiger partial charge in [-0.3, -0.25) is 0 Å². The molecule has 204 valence electrons. The van der Waals surface area contributed by atoms with Gasteiger partial charge in [-0.25, -0.2) is 4.79 Å². The van der Waals surface area contributed by atoms with Crippen molar-refractivity contribution < 1.29 is 55.1 Å². The molecular formula is C25H33NO11. The van der Waals surface area contributed by atoms with Gasteiger partial charge in [-0.1, -0.05) is 19.9 Å². The van der Waals surface area contributed by atoms with Gasteiger partial charge in [0.15, 0.2) is 17.5 Å². The lowest BCUT2D eigenvalue weighted by Gasteiger charge is -2.59. The Morgan fingerprint density at radius 2 is 1.89 bits per heavy atom. The topological polar surface area (TPSA) is 213 Å². The molecule has 6 bridgehead atoms. The molecule has 2 saturated heterocycles. The summed E-state index contributed by atoms with van der Waals surface area (Å²) in [6.45, 7) is 2.62. The third-order valence-electron chi connectivity index (χ3n) is 11.1. The number of aromatic nitrogens is 1. The number of H-pyrrole nitrogens is 1. The maximum atomic E-state index is 13.2. The van der Waals surface area contributed by atoms with Crippen LogP contribution in [0, 0.1) is 16.7 Å². The molecule has 7 rings (SSSR count). The molecule has 4 aliphatic carbocycles. The number of aromatic amines is 1. The average molecular weight is 524 g/mol. The monoisotopic (exact) mass is 523 g/mol. The second-order valence-corrected chi connectivity index (χ2v) is 11.9. The van der Waals surface area contributed by atoms with Crippen molar-refractivity contribution in [3.05, 3.63) is 35.7 Å². The molecule has 1 aromatic heterocycles. The van der Waals surface area contributed by atoms with Gasteiger partial charge >= 0.3 is 5.97 Å². The molecule has 0 amide bonds. The van der Waals surface area contributed by atoms with Crippen molar-refractivity contribution in [3.8, 4) is 0 Å². The predicted molar refractivity (Wildman–Crippen MR) is 121 cm³/mol. The molecule has 12 nitrogen and oxygen atoms in total. The summed E-state index contributed by atoms with van der Waals surface area (Å²) in [5.74, 6) is -4.69. The highest BCUT2D eigenvalue weighted by Crippen LogP contribution is 2.90. The van der Waals surface area contributed by atoms with E-state index in [9.17, 15) is 45.6 Å². The number of hydrogen-bond acceptors (Lipinski definition) is 11. The van der Waals surface area contributed by atoms with Crippen LogP contribution in [0.1, 0.15) is 44.1 Å². The Kier molecular flexibility index (Phi) is 4.56. The van der Waals surface area contributed by atoms with Crippen LogP contribution in [-0.2, 0) is 9.47 Å². The number of aliphatic hydroxyl groups is 8. The van der Waals surface area contributed by atoms with Crippen LogP contribution in [-0.4, -0.2) is 111 Å². The summed E-state index contributed by atoms with van der Waals surface area (Å²) >= 11 is 0. The molecule has 0 radical (unpaired) electrons. The SMILES string of the molecule is C[C@@H](CO)[C@@]1(O)[C@@H](OC(=O)c2ccc[nH]2)[C@@]2(O)[C@@]3(C)C[C@@]4(O)O[C@@]5([C@@H](O)C(CO)=CC[C@]35O)[C@@]2(O)[C@]14C. The fourth-order valence-corrected chi connectivity index (χ4v) is 9.26. The molecule has 11 atom stereocenters. The number of nitrogens with one attached hydrogen (secondary N) is 1. The van der Waals surface area contributed by atoms with Crippen LogP contribution in [0.2, 0.25) is 0 Å². The Hall–Kier alpha value is -1.87. The van der Waals surface area contributed by atoms with Gasteiger partial charge in [-0.15, -0.1) is 0 Å². The normalized spacial score (nSPS) is 55.8. The minimum Gasteiger partial charge on any atom is -0.451 e. The van der Waals surface area contributed by atoms with Crippen molar-refractivity contribution in [1.82, 2.24) is 4.98 Å². The third kappa shape index (κ3) is 1.93. The lowest BCUT2D eigenvalue weighted by molar-refractivity contribution is -0.380. The van der Waals surface area contributed by atoms with E-state index in [0.29, 0.717) is 0 Å². The number of ether oxygens (including phenoxy) is 2. The summed E-state index contributed by atoms with van der Waals surface area (Å²) < 4.78 is 11.8. The summed E-state index contributed by atoms with van der Waals surface area (Å²) in [6, 6.07) is 2.93. The summed E-state index contributed by atoms with van der Waals surface area (Å²) in [4.78, 5) is 15.9. The van der Waals surface area contributed by atoms with Gasteiger partial charge in [-0.05, 0) is 31.1 Å². The second kappa shape index (κ2) is 6.64. The molecular weight excluding hydrogens is 490 g/mol. The number of carbonyl (C=O) groups excluding carboxylic acids is 1. The van der Waals surface area contributed by atoms with E-state index in [1.165, 1.54) is 45.2 Å². The molecule has 37 heavy (non-hydrogen) atoms. The first-order valence-corrected chi connectivity index (χ1v) is 12.3. The van der Waals surface area contributed by atoms with Crippen LogP contribution in [0.5, 0.6) is 0 Å². The van der Waals surface area contributed by atoms with Crippen molar-refractivity contribution in [2.24, 2.45) is 16.7 Å². The van der Waals surface area contributed by atoms with Crippen LogP contribution < -0.4 is 0 Å². The van der Waals surface area contributed by atoms with Gasteiger partial charge in [0, 0.05) is 30.6 Å². The van der Waals surface area contributed by atoms with E-state index >= 15 is 0 Å². The van der Waals surface area contributed by atoms with E-state index < -0.39 is 88.4 Å². The summed E-state index contributed by atoms with van der Waals surface area (Å²) in [5.41, 5.74) is -17.2. The lowest BCUT2D eigenvalue weighted by Crippen LogP contribution is -2.74. The Morgan fingerprint density at radius 3 is 2.46 bits per heavy atom. The molecule has 0 aromatic carbocycles. The quantitative estimate of drug-likeness (QED) is 0.148. The number of rotatable bonds is 5. The van der Waals surface area contributed by atoms with Crippen LogP contribution in [0.4, 0.5) is 0 Å². The van der Waals surface area contributed by atoms with E-state index in [1.807, 2.05) is 0 Å². The van der Waals surface area contributed by atoms with Crippen molar-refractivity contribution in [3.63, 3.8) is 0 Å². The van der Waals surface area contributed by atoms with Crippen LogP contribution >= 0.6 is 0 Å². The molecule has 5 fully saturated rings. The second-order valence-electron chi connectivity index (χ2n) is 11.9. The van der Waals surface area contributed by atoms with E-state index in [-0.39, 0.29) is 17.7 Å². The Bertz CT molecular complexity index is 1220. The maximum absolute atomic E-state index is 13.2. The maximum Gasteiger partial charge on any atom is 0.355 e. The fourth-order valence-electron chi connectivity index (χ4n) is 9.26. The zero-order valence-corrected chi connectivity index (χ0v) is 20.7. The highest BCUT2D eigenvalue weighted by Gasteiger charge is 3.10. The molecule has 3 heterocycles. The van der Waals surface area contributed by atoms with Gasteiger partial charge in [-0.2, -0.15) is 0 Å². The first-order valence-electron chi connectivity index (χ1n) is 12.3. The first kappa shape index (κ1) is 25.4. The predicted octanol–water partition coefficient (Wildman–Crippen LogP) is -2.32. The number of esters is 1. The Labute approximate surface area is 211 Å². The third-order valence-corrected chi connectivity index (χ3v) is 11.1. The van der Waals surface area contributed by atoms with E-state index in [1.54, 1.807) is 0 Å². The van der Waals surface area contributed by atoms with E-state index in [4.69, 9.17) is 9.47 Å². The molecule has 9 N–H and O–H groups in total. The zero-order chi connectivity index (χ0) is 27.2. The largest absolute Gasteiger partial charge is 0.451 e. The highest BCUT2D eigenvalue weighted by molar-refractivity contribution is 5.87. The van der Waals surface area contributed by atoms with Crippen molar-refractivity contribution in [2.75, 3.05) is 13.2 Å². The number of hydrogen-bond donors (Lipinski definition) is 9. The van der Waals surface area contributed by atoms with Gasteiger partial charge in [0.2, 0.25) is 0 Å². The van der Waals surface area contributed by atoms with E-state index in [2.05, 4.69) is 4.98 Å². The van der Waals surface area contributed by atoms with Gasteiger partial charge in [0.25, 0.3) is 0 Å². The molecule has 0 unspecified atom stereocenters. The minimum atomic E-state index is -2.85. The molecule has 6 aliphatic rings. The van der Waals surface area contributed by atoms with Gasteiger partial charge in [0.05, 0.1) is 12.0 Å². The number of aliphatic hydroxyl groups excluding tert-OH is 3. The molecule has 2 aliphatic heterocycles. The molecule has 1 aromatic rings. The lowest BCUT2D eigenvalue weighted by atomic mass is 9.52. The van der Waals surface area contributed by atoms with Crippen LogP contribution in [0.15, 0.2) is 30.0 Å². The fraction of sp³-hybridized carbons (Fsp3) is 0.720. The number of carbonyl (C=O) groups is 1. The molecule has 3 saturated carbocycles. The molecule has 12 heteroatoms. The van der Waals surface area contributed by atoms with E-state index in [0.717, 1.165) is 0 Å². The zero-order valence-electron chi connectivity index (χ0n) is 20.7. The van der Waals surface area contributed by atoms with Crippen molar-refractivity contribution >= 4 is 5.97 Å². The molecule has 1 spiro atoms.